The molecule has 3 heteroatoms. The Morgan fingerprint density at radius 1 is 1.50 bits per heavy atom. The molecule has 1 atom stereocenters. The zero-order valence-corrected chi connectivity index (χ0v) is 10.4. The highest BCUT2D eigenvalue weighted by atomic mass is 15.2. The highest BCUT2D eigenvalue weighted by molar-refractivity contribution is 5.07. The predicted molar refractivity (Wildman–Crippen MR) is 67.5 cm³/mol. The lowest BCUT2D eigenvalue weighted by molar-refractivity contribution is 0.396. The van der Waals surface area contributed by atoms with Gasteiger partial charge in [0.1, 0.15) is 0 Å². The fraction of sp³-hybridized carbons (Fsp3) is 0.692. The van der Waals surface area contributed by atoms with Gasteiger partial charge >= 0.3 is 0 Å². The van der Waals surface area contributed by atoms with Crippen molar-refractivity contribution in [1.82, 2.24) is 14.8 Å². The molecule has 0 aliphatic carbocycles. The quantitative estimate of drug-likeness (QED) is 0.816. The van der Waals surface area contributed by atoms with Crippen LogP contribution in [-0.2, 0) is 13.1 Å². The summed E-state index contributed by atoms with van der Waals surface area (Å²) in [5, 5.41) is 3.65. The second-order valence-corrected chi connectivity index (χ2v) is 4.82. The van der Waals surface area contributed by atoms with E-state index < -0.39 is 0 Å². The Bertz CT molecular complexity index is 319. The molecule has 0 radical (unpaired) electrons. The van der Waals surface area contributed by atoms with E-state index in [1.54, 1.807) is 0 Å². The Morgan fingerprint density at radius 3 is 3.06 bits per heavy atom. The van der Waals surface area contributed by atoms with Gasteiger partial charge < -0.3 is 14.8 Å². The molecule has 0 spiro atoms. The smallest absolute Gasteiger partial charge is 0.0362 e. The maximum atomic E-state index is 3.65. The third-order valence-corrected chi connectivity index (χ3v) is 3.35. The van der Waals surface area contributed by atoms with Crippen molar-refractivity contribution in [3.05, 3.63) is 24.0 Å². The van der Waals surface area contributed by atoms with E-state index >= 15 is 0 Å². The zero-order chi connectivity index (χ0) is 11.4. The van der Waals surface area contributed by atoms with Crippen LogP contribution in [0, 0.1) is 0 Å². The summed E-state index contributed by atoms with van der Waals surface area (Å²) in [4.78, 5) is 2.39. The van der Waals surface area contributed by atoms with Crippen LogP contribution in [0.3, 0.4) is 0 Å². The van der Waals surface area contributed by atoms with Crippen molar-refractivity contribution in [3.8, 4) is 0 Å². The van der Waals surface area contributed by atoms with Crippen molar-refractivity contribution in [2.75, 3.05) is 20.1 Å². The molecule has 1 aliphatic rings. The number of aryl methyl sites for hydroxylation is 1. The average Bonchev–Trinajstić information content (AvgIpc) is 2.85. The van der Waals surface area contributed by atoms with E-state index in [1.807, 2.05) is 0 Å². The maximum Gasteiger partial charge on any atom is 0.0362 e. The van der Waals surface area contributed by atoms with Crippen LogP contribution in [0.15, 0.2) is 18.3 Å². The summed E-state index contributed by atoms with van der Waals surface area (Å²) < 4.78 is 2.35. The van der Waals surface area contributed by atoms with Gasteiger partial charge in [0.05, 0.1) is 0 Å². The average molecular weight is 221 g/mol. The second-order valence-electron chi connectivity index (χ2n) is 4.82. The summed E-state index contributed by atoms with van der Waals surface area (Å²) in [6, 6.07) is 5.05. The molecule has 1 aliphatic heterocycles. The lowest BCUT2D eigenvalue weighted by atomic mass is 10.2. The minimum Gasteiger partial charge on any atom is -0.350 e. The Labute approximate surface area is 98.4 Å². The summed E-state index contributed by atoms with van der Waals surface area (Å²) in [5.41, 5.74) is 1.41. The van der Waals surface area contributed by atoms with Crippen LogP contribution in [0.4, 0.5) is 0 Å². The van der Waals surface area contributed by atoms with E-state index in [4.69, 9.17) is 0 Å². The van der Waals surface area contributed by atoms with Crippen LogP contribution in [0.25, 0.3) is 0 Å². The first-order chi connectivity index (χ1) is 7.79. The first-order valence-corrected chi connectivity index (χ1v) is 6.35. The molecule has 2 heterocycles. The number of nitrogens with zero attached hydrogens (tertiary/aromatic N) is 2. The van der Waals surface area contributed by atoms with Crippen LogP contribution in [0.5, 0.6) is 0 Å². The molecule has 1 unspecified atom stereocenters. The van der Waals surface area contributed by atoms with Gasteiger partial charge in [0, 0.05) is 37.6 Å². The molecule has 1 aromatic heterocycles. The van der Waals surface area contributed by atoms with Gasteiger partial charge in [-0.2, -0.15) is 0 Å². The highest BCUT2D eigenvalue weighted by Gasteiger charge is 2.18. The molecule has 1 fully saturated rings. The molecule has 90 valence electrons. The van der Waals surface area contributed by atoms with E-state index in [0.29, 0.717) is 6.04 Å². The standard InChI is InChI=1S/C13H23N3/c1-3-7-16-8-4-5-13(16)10-14-12-6-9-15(2)11-12/h4-5,8,12,14H,3,6-7,9-11H2,1-2H3. The zero-order valence-electron chi connectivity index (χ0n) is 10.4. The number of rotatable bonds is 5. The normalized spacial score (nSPS) is 21.8. The van der Waals surface area contributed by atoms with E-state index in [1.165, 1.54) is 31.6 Å². The van der Waals surface area contributed by atoms with E-state index in [-0.39, 0.29) is 0 Å². The van der Waals surface area contributed by atoms with E-state index in [0.717, 1.165) is 13.1 Å². The molecule has 0 aromatic carbocycles. The summed E-state index contributed by atoms with van der Waals surface area (Å²) in [7, 11) is 2.20. The number of hydrogen-bond donors (Lipinski definition) is 1. The number of likely N-dealkylation sites (tertiary alicyclic amines) is 1. The number of aromatic nitrogens is 1. The number of likely N-dealkylation sites (N-methyl/N-ethyl adjacent to an activating group) is 1. The molecule has 0 saturated carbocycles. The topological polar surface area (TPSA) is 20.2 Å². The lowest BCUT2D eigenvalue weighted by Gasteiger charge is -2.14. The molecule has 0 amide bonds. The Morgan fingerprint density at radius 2 is 2.38 bits per heavy atom. The minimum absolute atomic E-state index is 0.676. The second kappa shape index (κ2) is 5.51. The van der Waals surface area contributed by atoms with Gasteiger partial charge in [-0.25, -0.2) is 0 Å². The van der Waals surface area contributed by atoms with Gasteiger partial charge in [-0.15, -0.1) is 0 Å². The third kappa shape index (κ3) is 2.86. The Balaban J connectivity index is 1.82. The predicted octanol–water partition coefficient (Wildman–Crippen LogP) is 1.69. The number of nitrogens with one attached hydrogen (secondary N) is 1. The summed E-state index contributed by atoms with van der Waals surface area (Å²) in [6.07, 6.45) is 4.67. The first-order valence-electron chi connectivity index (χ1n) is 6.35. The largest absolute Gasteiger partial charge is 0.350 e. The summed E-state index contributed by atoms with van der Waals surface area (Å²) in [6.45, 7) is 6.78. The molecule has 16 heavy (non-hydrogen) atoms. The van der Waals surface area contributed by atoms with Crippen LogP contribution < -0.4 is 5.32 Å². The Kier molecular flexibility index (Phi) is 4.02. The molecule has 1 aromatic rings. The van der Waals surface area contributed by atoms with Crippen LogP contribution in [0.2, 0.25) is 0 Å². The number of hydrogen-bond acceptors (Lipinski definition) is 2. The van der Waals surface area contributed by atoms with E-state index in [9.17, 15) is 0 Å². The van der Waals surface area contributed by atoms with Gasteiger partial charge in [0.25, 0.3) is 0 Å². The van der Waals surface area contributed by atoms with Gasteiger partial charge in [-0.1, -0.05) is 6.92 Å². The monoisotopic (exact) mass is 221 g/mol. The van der Waals surface area contributed by atoms with Crippen LogP contribution >= 0.6 is 0 Å². The van der Waals surface area contributed by atoms with Crippen molar-refractivity contribution in [1.29, 1.82) is 0 Å². The van der Waals surface area contributed by atoms with Gasteiger partial charge in [0.15, 0.2) is 0 Å². The van der Waals surface area contributed by atoms with Crippen LogP contribution in [-0.4, -0.2) is 35.6 Å². The molecule has 0 bridgehead atoms. The van der Waals surface area contributed by atoms with Crippen molar-refractivity contribution in [2.45, 2.75) is 38.9 Å². The fourth-order valence-corrected chi connectivity index (χ4v) is 2.42. The summed E-state index contributed by atoms with van der Waals surface area (Å²) in [5.74, 6) is 0. The lowest BCUT2D eigenvalue weighted by Crippen LogP contribution is -2.31. The molecule has 2 rings (SSSR count). The minimum atomic E-state index is 0.676. The highest BCUT2D eigenvalue weighted by Crippen LogP contribution is 2.08. The SMILES string of the molecule is CCCn1cccc1CNC1CCN(C)C1. The van der Waals surface area contributed by atoms with Crippen LogP contribution in [0.1, 0.15) is 25.5 Å². The fourth-order valence-electron chi connectivity index (χ4n) is 2.42. The van der Waals surface area contributed by atoms with Gasteiger partial charge in [0.2, 0.25) is 0 Å². The van der Waals surface area contributed by atoms with Crippen molar-refractivity contribution in [2.24, 2.45) is 0 Å². The van der Waals surface area contributed by atoms with E-state index in [2.05, 4.69) is 47.1 Å². The Hall–Kier alpha value is -0.800. The van der Waals surface area contributed by atoms with Gasteiger partial charge in [-0.05, 0) is 38.6 Å². The van der Waals surface area contributed by atoms with Crippen molar-refractivity contribution in [3.63, 3.8) is 0 Å². The maximum absolute atomic E-state index is 3.65. The molecule has 3 nitrogen and oxygen atoms in total. The summed E-state index contributed by atoms with van der Waals surface area (Å²) >= 11 is 0. The molecule has 1 saturated heterocycles. The molecular formula is C13H23N3. The van der Waals surface area contributed by atoms with Gasteiger partial charge in [-0.3, -0.25) is 0 Å². The molecular weight excluding hydrogens is 198 g/mol. The third-order valence-electron chi connectivity index (χ3n) is 3.35. The van der Waals surface area contributed by atoms with Crippen molar-refractivity contribution >= 4 is 0 Å². The van der Waals surface area contributed by atoms with Crippen molar-refractivity contribution < 1.29 is 0 Å². The first kappa shape index (κ1) is 11.7. The molecule has 1 N–H and O–H groups in total.